The number of aromatic nitrogens is 2. The number of nitrogens with one attached hydrogen (secondary N) is 1. The third-order valence-corrected chi connectivity index (χ3v) is 8.13. The van der Waals surface area contributed by atoms with Gasteiger partial charge in [0.25, 0.3) is 0 Å². The molecule has 0 bridgehead atoms. The van der Waals surface area contributed by atoms with Gasteiger partial charge in [0.1, 0.15) is 11.0 Å². The zero-order valence-corrected chi connectivity index (χ0v) is 23.4. The van der Waals surface area contributed by atoms with Crippen molar-refractivity contribution in [3.8, 4) is 6.07 Å². The second-order valence-electron chi connectivity index (χ2n) is 10.5. The van der Waals surface area contributed by atoms with Crippen molar-refractivity contribution in [2.75, 3.05) is 0 Å². The lowest BCUT2D eigenvalue weighted by Gasteiger charge is -2.12. The lowest BCUT2D eigenvalue weighted by atomic mass is 10.0. The van der Waals surface area contributed by atoms with E-state index in [0.717, 1.165) is 59.0 Å². The number of nitrogens with zero attached hydrogens (tertiary/aromatic N) is 3. The van der Waals surface area contributed by atoms with Crippen LogP contribution in [-0.4, -0.2) is 19.7 Å². The minimum atomic E-state index is -1.13. The van der Waals surface area contributed by atoms with Gasteiger partial charge in [-0.25, -0.2) is 8.93 Å². The Bertz CT molecular complexity index is 973. The molecular weight excluding hydrogens is 452 g/mol. The molecule has 35 heavy (non-hydrogen) atoms. The highest BCUT2D eigenvalue weighted by Crippen LogP contribution is 2.35. The molecule has 4 rings (SSSR count). The Balaban J connectivity index is 0.000000214. The zero-order valence-electron chi connectivity index (χ0n) is 22.6. The average molecular weight is 497 g/mol. The van der Waals surface area contributed by atoms with E-state index < -0.39 is 11.0 Å². The maximum Gasteiger partial charge on any atom is 0.126 e. The fourth-order valence-corrected chi connectivity index (χ4v) is 5.15. The summed E-state index contributed by atoms with van der Waals surface area (Å²) >= 11 is 0. The number of rotatable bonds is 7. The minimum absolute atomic E-state index is 0.0824. The standard InChI is InChI=1S/C14H22N2OS.C9H10N2.C6H12/c1-4-5-11(2)13-7-6-12(10-15-13)18(17)16-14(3)8-9-14;1-7-5-9(3-4-10)8(2)11-6-7;1-6-4-2-3-5-6/h6-7,10-11,16H,4-5,8-9H2,1-3H3;5-6H,3H2,1-2H3;6H,2-5H2,1H3. The summed E-state index contributed by atoms with van der Waals surface area (Å²) in [5, 5.41) is 8.46. The normalized spacial score (nSPS) is 17.7. The van der Waals surface area contributed by atoms with Crippen LogP contribution in [0.15, 0.2) is 35.5 Å². The predicted molar refractivity (Wildman–Crippen MR) is 145 cm³/mol. The molecule has 2 aliphatic carbocycles. The van der Waals surface area contributed by atoms with Crippen molar-refractivity contribution in [1.82, 2.24) is 14.7 Å². The van der Waals surface area contributed by atoms with Crippen molar-refractivity contribution in [2.24, 2.45) is 5.92 Å². The molecule has 0 aliphatic heterocycles. The van der Waals surface area contributed by atoms with Gasteiger partial charge in [0.05, 0.1) is 17.4 Å². The quantitative estimate of drug-likeness (QED) is 0.443. The Morgan fingerprint density at radius 1 is 1.20 bits per heavy atom. The predicted octanol–water partition coefficient (Wildman–Crippen LogP) is 7.11. The molecule has 2 aliphatic rings. The SMILES string of the molecule is CC1CCCC1.CCCC(C)c1ccc(S(=O)NC2(C)CC2)cn1.Cc1cnc(C)c(CC#N)c1. The molecule has 5 nitrogen and oxygen atoms in total. The van der Waals surface area contributed by atoms with Crippen LogP contribution in [0.4, 0.5) is 0 Å². The first-order valence-electron chi connectivity index (χ1n) is 13.1. The van der Waals surface area contributed by atoms with Gasteiger partial charge >= 0.3 is 0 Å². The smallest absolute Gasteiger partial charge is 0.126 e. The molecule has 0 amide bonds. The van der Waals surface area contributed by atoms with Gasteiger partial charge in [-0.15, -0.1) is 0 Å². The van der Waals surface area contributed by atoms with Crippen LogP contribution in [0.2, 0.25) is 0 Å². The summed E-state index contributed by atoms with van der Waals surface area (Å²) in [7, 11) is -1.13. The largest absolute Gasteiger partial charge is 0.261 e. The van der Waals surface area contributed by atoms with Crippen LogP contribution in [0, 0.1) is 31.1 Å². The molecular formula is C29H44N4OS. The molecule has 2 fully saturated rings. The molecule has 2 saturated carbocycles. The summed E-state index contributed by atoms with van der Waals surface area (Å²) in [4.78, 5) is 9.36. The zero-order chi connectivity index (χ0) is 25.8. The van der Waals surface area contributed by atoms with E-state index in [1.807, 2.05) is 38.2 Å². The molecule has 1 N–H and O–H groups in total. The van der Waals surface area contributed by atoms with Gasteiger partial charge in [0, 0.05) is 29.3 Å². The van der Waals surface area contributed by atoms with E-state index in [9.17, 15) is 4.21 Å². The molecule has 6 heteroatoms. The molecule has 2 atom stereocenters. The Labute approximate surface area is 215 Å². The third kappa shape index (κ3) is 10.6. The Morgan fingerprint density at radius 2 is 1.89 bits per heavy atom. The van der Waals surface area contributed by atoms with Crippen molar-refractivity contribution in [3.05, 3.63) is 53.1 Å². The van der Waals surface area contributed by atoms with Crippen LogP contribution < -0.4 is 4.72 Å². The lowest BCUT2D eigenvalue weighted by Crippen LogP contribution is -2.29. The second-order valence-corrected chi connectivity index (χ2v) is 11.7. The van der Waals surface area contributed by atoms with Crippen LogP contribution in [-0.2, 0) is 17.4 Å². The fraction of sp³-hybridized carbons (Fsp3) is 0.621. The van der Waals surface area contributed by atoms with E-state index in [-0.39, 0.29) is 5.54 Å². The topological polar surface area (TPSA) is 78.7 Å². The molecule has 2 aromatic rings. The van der Waals surface area contributed by atoms with Crippen molar-refractivity contribution in [2.45, 2.75) is 116 Å². The number of nitriles is 1. The first-order valence-corrected chi connectivity index (χ1v) is 14.3. The van der Waals surface area contributed by atoms with Crippen LogP contribution in [0.1, 0.15) is 107 Å². The maximum absolute atomic E-state index is 12.1. The molecule has 192 valence electrons. The molecule has 0 spiro atoms. The summed E-state index contributed by atoms with van der Waals surface area (Å²) in [5.41, 5.74) is 4.28. The number of pyridine rings is 2. The summed E-state index contributed by atoms with van der Waals surface area (Å²) in [6, 6.07) is 8.06. The summed E-state index contributed by atoms with van der Waals surface area (Å²) in [6.07, 6.45) is 14.5. The van der Waals surface area contributed by atoms with E-state index in [2.05, 4.69) is 48.5 Å². The molecule has 0 radical (unpaired) electrons. The first-order chi connectivity index (χ1) is 16.7. The monoisotopic (exact) mass is 496 g/mol. The summed E-state index contributed by atoms with van der Waals surface area (Å²) in [6.45, 7) is 12.7. The summed E-state index contributed by atoms with van der Waals surface area (Å²) < 4.78 is 15.2. The van der Waals surface area contributed by atoms with Gasteiger partial charge in [-0.2, -0.15) is 5.26 Å². The summed E-state index contributed by atoms with van der Waals surface area (Å²) in [5.74, 6) is 1.52. The molecule has 0 saturated heterocycles. The van der Waals surface area contributed by atoms with E-state index >= 15 is 0 Å². The van der Waals surface area contributed by atoms with Gasteiger partial charge in [0.2, 0.25) is 0 Å². The van der Waals surface area contributed by atoms with Gasteiger partial charge < -0.3 is 0 Å². The Morgan fingerprint density at radius 3 is 2.37 bits per heavy atom. The minimum Gasteiger partial charge on any atom is -0.261 e. The maximum atomic E-state index is 12.1. The number of aryl methyl sites for hydroxylation is 2. The molecule has 2 unspecified atom stereocenters. The lowest BCUT2D eigenvalue weighted by molar-refractivity contribution is 0.612. The van der Waals surface area contributed by atoms with Gasteiger partial charge in [-0.05, 0) is 75.1 Å². The Kier molecular flexibility index (Phi) is 12.0. The highest BCUT2D eigenvalue weighted by molar-refractivity contribution is 7.83. The van der Waals surface area contributed by atoms with Crippen LogP contribution in [0.3, 0.4) is 0 Å². The van der Waals surface area contributed by atoms with Crippen LogP contribution in [0.5, 0.6) is 0 Å². The average Bonchev–Trinajstić information content (AvgIpc) is 3.35. The molecule has 2 aromatic heterocycles. The highest BCUT2D eigenvalue weighted by Gasteiger charge is 2.38. The number of hydrogen-bond donors (Lipinski definition) is 1. The highest BCUT2D eigenvalue weighted by atomic mass is 32.2. The number of hydrogen-bond acceptors (Lipinski definition) is 4. The Hall–Kier alpha value is -2.10. The van der Waals surface area contributed by atoms with E-state index in [1.165, 1.54) is 25.7 Å². The van der Waals surface area contributed by atoms with Crippen molar-refractivity contribution < 1.29 is 4.21 Å². The molecule has 0 aromatic carbocycles. The third-order valence-electron chi connectivity index (χ3n) is 6.78. The van der Waals surface area contributed by atoms with Crippen molar-refractivity contribution in [3.63, 3.8) is 0 Å². The van der Waals surface area contributed by atoms with Gasteiger partial charge in [-0.1, -0.05) is 58.9 Å². The van der Waals surface area contributed by atoms with E-state index in [4.69, 9.17) is 5.26 Å². The van der Waals surface area contributed by atoms with Crippen molar-refractivity contribution in [1.29, 1.82) is 5.26 Å². The van der Waals surface area contributed by atoms with Crippen molar-refractivity contribution >= 4 is 11.0 Å². The van der Waals surface area contributed by atoms with E-state index in [1.54, 1.807) is 6.20 Å². The van der Waals surface area contributed by atoms with E-state index in [0.29, 0.717) is 12.3 Å². The van der Waals surface area contributed by atoms with Crippen LogP contribution in [0.25, 0.3) is 0 Å². The van der Waals surface area contributed by atoms with Crippen LogP contribution >= 0.6 is 0 Å². The molecule has 2 heterocycles. The van der Waals surface area contributed by atoms with Gasteiger partial charge in [-0.3, -0.25) is 9.97 Å². The fourth-order valence-electron chi connectivity index (χ4n) is 4.04. The van der Waals surface area contributed by atoms with Gasteiger partial charge in [0.15, 0.2) is 0 Å². The first kappa shape index (κ1) is 29.1. The second kappa shape index (κ2) is 14.5.